The Morgan fingerprint density at radius 1 is 0.613 bits per heavy atom. The average Bonchev–Trinajstić information content (AvgIpc) is 1.76. The number of halogens is 2. The maximum absolute atomic E-state index is 13.9. The van der Waals surface area contributed by atoms with E-state index in [1.165, 1.54) is 24.3 Å². The third-order valence-corrected chi connectivity index (χ3v) is 15.9. The van der Waals surface area contributed by atoms with Crippen LogP contribution in [-0.2, 0) is 41.5 Å². The number of nitrogens with two attached hydrogens (primary N) is 1. The highest BCUT2D eigenvalue weighted by Gasteiger charge is 2.42. The molecule has 0 radical (unpaired) electrons. The molecule has 0 aliphatic carbocycles. The number of carboxylic acid groups (broad SMARTS) is 1. The lowest BCUT2D eigenvalue weighted by atomic mass is 9.79. The van der Waals surface area contributed by atoms with Crippen LogP contribution in [0.25, 0.3) is 11.6 Å². The number of carbonyl (C=O) groups excluding carboxylic acids is 6. The fourth-order valence-electron chi connectivity index (χ4n) is 10.8. The van der Waals surface area contributed by atoms with Gasteiger partial charge < -0.3 is 45.2 Å². The van der Waals surface area contributed by atoms with E-state index in [0.717, 1.165) is 30.4 Å². The van der Waals surface area contributed by atoms with Gasteiger partial charge in [-0.05, 0) is 144 Å². The number of alkyl carbamates (subject to hydrolysis) is 1. The Morgan fingerprint density at radius 3 is 1.40 bits per heavy atom. The first-order chi connectivity index (χ1) is 43.3. The van der Waals surface area contributed by atoms with E-state index in [1.54, 1.807) is 159 Å². The summed E-state index contributed by atoms with van der Waals surface area (Å²) in [7, 11) is 0. The van der Waals surface area contributed by atoms with Crippen LogP contribution >= 0.6 is 0 Å². The van der Waals surface area contributed by atoms with Crippen molar-refractivity contribution in [2.24, 2.45) is 27.9 Å². The summed E-state index contributed by atoms with van der Waals surface area (Å²) in [6, 6.07) is 14.2. The van der Waals surface area contributed by atoms with Crippen LogP contribution in [0.4, 0.5) is 13.6 Å². The number of carbonyl (C=O) groups is 7. The zero-order valence-electron chi connectivity index (χ0n) is 56.7. The van der Waals surface area contributed by atoms with Gasteiger partial charge in [-0.2, -0.15) is 0 Å². The second kappa shape index (κ2) is 31.0. The number of aliphatic carboxylic acids is 1. The molecular formula is C69H96F2N12O10. The number of amides is 5. The monoisotopic (exact) mass is 1290 g/mol. The van der Waals surface area contributed by atoms with Crippen LogP contribution < -0.4 is 11.1 Å². The number of esters is 1. The second-order valence-electron chi connectivity index (χ2n) is 29.2. The predicted molar refractivity (Wildman–Crippen MR) is 349 cm³/mol. The summed E-state index contributed by atoms with van der Waals surface area (Å²) in [6.07, 6.45) is 13.6. The molecule has 0 saturated carbocycles. The average molecular weight is 1290 g/mol. The molecule has 93 heavy (non-hydrogen) atoms. The number of carboxylic acids is 1. The lowest BCUT2D eigenvalue weighted by Crippen LogP contribution is -2.57. The molecule has 24 heteroatoms. The molecule has 5 amide bonds. The topological polar surface area (TPSA) is 270 Å². The lowest BCUT2D eigenvalue weighted by molar-refractivity contribution is -0.162. The summed E-state index contributed by atoms with van der Waals surface area (Å²) in [5.74, 6) is -2.69. The van der Waals surface area contributed by atoms with Gasteiger partial charge in [0, 0.05) is 88.5 Å². The number of hydrogen-bond acceptors (Lipinski definition) is 14. The van der Waals surface area contributed by atoms with E-state index in [2.05, 4.69) is 25.3 Å². The number of rotatable bonds is 18. The van der Waals surface area contributed by atoms with Crippen LogP contribution in [0, 0.1) is 33.8 Å². The number of likely N-dealkylation sites (tertiary alicyclic amines) is 2. The summed E-state index contributed by atoms with van der Waals surface area (Å²) in [5.41, 5.74) is 5.98. The molecule has 2 aliphatic rings. The van der Waals surface area contributed by atoms with Gasteiger partial charge in [-0.25, -0.2) is 33.5 Å². The van der Waals surface area contributed by atoms with Crippen molar-refractivity contribution in [3.05, 3.63) is 132 Å². The first kappa shape index (κ1) is 73.6. The number of ether oxygens (including phenoxy) is 2. The molecule has 2 fully saturated rings. The minimum Gasteiger partial charge on any atom is -0.481 e. The molecule has 22 nitrogen and oxygen atoms in total. The van der Waals surface area contributed by atoms with Crippen molar-refractivity contribution in [2.45, 2.75) is 184 Å². The number of nitrogens with zero attached hydrogens (tertiary/aromatic N) is 10. The van der Waals surface area contributed by atoms with Crippen molar-refractivity contribution in [1.29, 1.82) is 0 Å². The summed E-state index contributed by atoms with van der Waals surface area (Å²) >= 11 is 0. The van der Waals surface area contributed by atoms with Gasteiger partial charge in [-0.3, -0.25) is 37.6 Å². The number of fused-ring (bicyclic) bond motifs is 2. The standard InChI is InChI=1S/C31H41FN6O4.C26H33FN6O2.C12H22O4/c1-30(2,3)25(35-29(41)42-31(4,5)6)27(40)38-17-7-9-23(38)19-36(18-14-21-10-12-22(32)13-11-21)26(39)24-20-37-16-8-15-33-28(37)34-24;1-26(2,3)22(28)24(35)33-14-4-6-20(33)16-31(15-11-18-7-9-19(27)10-8-18)23(34)21-17-32-13-5-12-29-25(32)30-21;1-11(2,3)8(10(14)15)7-9(13)16-12(4,5)6/h8,10-13,15-16,20,23,25H,7,9,14,17-19H2,1-6H3,(H,35,41);5,7-10,12-13,17,20,22H,4,6,11,14-16,28H2,1-3H3;8H,7H2,1-6H3,(H,14,15)/t23-,25+;20-,22+;8-/m001/s1. The molecule has 0 bridgehead atoms. The van der Waals surface area contributed by atoms with Crippen LogP contribution in [-0.4, -0.2) is 170 Å². The molecule has 2 aromatic carbocycles. The number of aromatic nitrogens is 6. The minimum absolute atomic E-state index is 0.0807. The molecule has 0 spiro atoms. The van der Waals surface area contributed by atoms with Crippen LogP contribution in [0.5, 0.6) is 0 Å². The van der Waals surface area contributed by atoms with Crippen LogP contribution in [0.15, 0.2) is 97.8 Å². The molecule has 6 heterocycles. The Balaban J connectivity index is 0.000000243. The van der Waals surface area contributed by atoms with Gasteiger partial charge in [0.25, 0.3) is 11.8 Å². The number of imidazole rings is 2. The highest BCUT2D eigenvalue weighted by molar-refractivity contribution is 5.94. The Hall–Kier alpha value is -8.41. The molecule has 4 aromatic heterocycles. The Morgan fingerprint density at radius 2 is 1.03 bits per heavy atom. The quantitative estimate of drug-likeness (QED) is 0.0676. The van der Waals surface area contributed by atoms with E-state index in [9.17, 15) is 42.3 Å². The maximum atomic E-state index is 13.9. The minimum atomic E-state index is -0.960. The largest absolute Gasteiger partial charge is 0.481 e. The van der Waals surface area contributed by atoms with Crippen molar-refractivity contribution < 1.29 is 56.9 Å². The van der Waals surface area contributed by atoms with E-state index in [4.69, 9.17) is 20.3 Å². The lowest BCUT2D eigenvalue weighted by Gasteiger charge is -2.37. The van der Waals surface area contributed by atoms with Gasteiger partial charge in [0.15, 0.2) is 0 Å². The molecule has 0 unspecified atom stereocenters. The number of benzene rings is 2. The Kier molecular flexibility index (Phi) is 24.6. The molecule has 6 aromatic rings. The first-order valence-electron chi connectivity index (χ1n) is 31.8. The van der Waals surface area contributed by atoms with Crippen LogP contribution in [0.3, 0.4) is 0 Å². The van der Waals surface area contributed by atoms with Gasteiger partial charge in [0.1, 0.15) is 40.3 Å². The van der Waals surface area contributed by atoms with Gasteiger partial charge in [0.2, 0.25) is 23.4 Å². The molecule has 4 N–H and O–H groups in total. The van der Waals surface area contributed by atoms with Crippen molar-refractivity contribution in [1.82, 2.24) is 53.7 Å². The van der Waals surface area contributed by atoms with Gasteiger partial charge >= 0.3 is 18.0 Å². The number of nitrogens with one attached hydrogen (secondary N) is 1. The fraction of sp³-hybridized carbons (Fsp3) is 0.551. The van der Waals surface area contributed by atoms with Crippen molar-refractivity contribution in [3.63, 3.8) is 0 Å². The van der Waals surface area contributed by atoms with E-state index in [1.807, 2.05) is 46.4 Å². The zero-order valence-corrected chi connectivity index (χ0v) is 56.7. The zero-order chi connectivity index (χ0) is 69.0. The van der Waals surface area contributed by atoms with E-state index < -0.39 is 58.1 Å². The van der Waals surface area contributed by atoms with Gasteiger partial charge in [0.05, 0.1) is 18.4 Å². The van der Waals surface area contributed by atoms with Gasteiger partial charge in [-0.1, -0.05) is 86.6 Å². The molecule has 506 valence electrons. The van der Waals surface area contributed by atoms with Gasteiger partial charge in [-0.15, -0.1) is 0 Å². The third kappa shape index (κ3) is 21.8. The SMILES string of the molecule is CC(C)(C)OC(=O)C[C@H](C(=O)O)C(C)(C)C.CC(C)(C)OC(=O)N[C@H](C(=O)N1CCC[C@H]1CN(CCc1ccc(F)cc1)C(=O)c1cn2cccnc2n1)C(C)(C)C.CC(C)(C)[C@H](N)C(=O)N1CCC[C@H]1CN(CCc1ccc(F)cc1)C(=O)c1cn2cccnc2n1. The van der Waals surface area contributed by atoms with E-state index >= 15 is 0 Å². The third-order valence-electron chi connectivity index (χ3n) is 15.9. The smallest absolute Gasteiger partial charge is 0.408 e. The number of hydrogen-bond donors (Lipinski definition) is 3. The van der Waals surface area contributed by atoms with E-state index in [-0.39, 0.29) is 71.4 Å². The first-order valence-corrected chi connectivity index (χ1v) is 31.8. The normalized spacial score (nSPS) is 16.3. The highest BCUT2D eigenvalue weighted by Crippen LogP contribution is 2.31. The summed E-state index contributed by atoms with van der Waals surface area (Å²) in [6.45, 7) is 30.1. The molecule has 5 atom stereocenters. The maximum Gasteiger partial charge on any atom is 0.408 e. The molecular weight excluding hydrogens is 1190 g/mol. The Labute approximate surface area is 545 Å². The highest BCUT2D eigenvalue weighted by atomic mass is 19.1. The molecule has 2 aliphatic heterocycles. The fourth-order valence-corrected chi connectivity index (χ4v) is 10.8. The molecule has 8 rings (SSSR count). The second-order valence-corrected chi connectivity index (χ2v) is 29.2. The van der Waals surface area contributed by atoms with Crippen molar-refractivity contribution >= 4 is 53.2 Å². The summed E-state index contributed by atoms with van der Waals surface area (Å²) in [4.78, 5) is 114. The van der Waals surface area contributed by atoms with E-state index in [0.29, 0.717) is 69.2 Å². The Bertz CT molecular complexity index is 3460. The van der Waals surface area contributed by atoms with Crippen LogP contribution in [0.1, 0.15) is 168 Å². The summed E-state index contributed by atoms with van der Waals surface area (Å²) in [5, 5.41) is 11.8. The molecule has 2 saturated heterocycles. The predicted octanol–water partition coefficient (Wildman–Crippen LogP) is 9.87. The van der Waals surface area contributed by atoms with Crippen molar-refractivity contribution in [3.8, 4) is 0 Å². The van der Waals surface area contributed by atoms with Crippen molar-refractivity contribution in [2.75, 3.05) is 39.3 Å². The van der Waals surface area contributed by atoms with Crippen LogP contribution in [0.2, 0.25) is 0 Å². The summed E-state index contributed by atoms with van der Waals surface area (Å²) < 4.78 is 40.8.